The number of aromatic nitrogens is 1. The van der Waals surface area contributed by atoms with Crippen LogP contribution in [0.3, 0.4) is 0 Å². The molecule has 0 bridgehead atoms. The van der Waals surface area contributed by atoms with Crippen LogP contribution in [0.2, 0.25) is 6.82 Å². The van der Waals surface area contributed by atoms with E-state index in [-0.39, 0.29) is 29.7 Å². The van der Waals surface area contributed by atoms with Crippen LogP contribution < -0.4 is 10.9 Å². The number of phenols is 4. The second-order valence-corrected chi connectivity index (χ2v) is 11.5. The highest BCUT2D eigenvalue weighted by atomic mass is 32.1. The Balaban J connectivity index is 1.47. The Bertz CT molecular complexity index is 2210. The summed E-state index contributed by atoms with van der Waals surface area (Å²) in [6.45, 7) is 3.67. The highest BCUT2D eigenvalue weighted by Gasteiger charge is 2.34. The van der Waals surface area contributed by atoms with Crippen LogP contribution in [0, 0.1) is 6.92 Å². The van der Waals surface area contributed by atoms with Gasteiger partial charge >= 0.3 is 0 Å². The third kappa shape index (κ3) is 2.75. The van der Waals surface area contributed by atoms with Gasteiger partial charge in [-0.1, -0.05) is 60.8 Å². The molecule has 1 aliphatic rings. The molecule has 0 amide bonds. The maximum atomic E-state index is 11.1. The van der Waals surface area contributed by atoms with Crippen molar-refractivity contribution in [2.45, 2.75) is 13.7 Å². The predicted molar refractivity (Wildman–Crippen MR) is 161 cm³/mol. The molecule has 1 aliphatic heterocycles. The molecule has 0 fully saturated rings. The summed E-state index contributed by atoms with van der Waals surface area (Å²) in [5.41, 5.74) is 6.52. The van der Waals surface area contributed by atoms with Crippen molar-refractivity contribution in [3.8, 4) is 39.8 Å². The van der Waals surface area contributed by atoms with Crippen molar-refractivity contribution in [1.82, 2.24) is 4.57 Å². The normalized spacial score (nSPS) is 12.7. The van der Waals surface area contributed by atoms with Gasteiger partial charge in [-0.3, -0.25) is 0 Å². The van der Waals surface area contributed by atoms with Gasteiger partial charge in [0.1, 0.15) is 17.0 Å². The summed E-state index contributed by atoms with van der Waals surface area (Å²) < 4.78 is 4.39. The zero-order chi connectivity index (χ0) is 26.7. The van der Waals surface area contributed by atoms with E-state index in [9.17, 15) is 20.4 Å². The molecule has 7 aromatic rings. The second kappa shape index (κ2) is 7.49. The predicted octanol–water partition coefficient (Wildman–Crippen LogP) is 6.50. The first kappa shape index (κ1) is 22.4. The largest absolute Gasteiger partial charge is 0.507 e. The summed E-state index contributed by atoms with van der Waals surface area (Å²) in [4.78, 5) is 0. The first-order chi connectivity index (χ1) is 18.8. The van der Waals surface area contributed by atoms with Crippen molar-refractivity contribution in [3.05, 3.63) is 78.4 Å². The lowest BCUT2D eigenvalue weighted by Gasteiger charge is -2.26. The molecule has 0 spiro atoms. The molecule has 0 saturated carbocycles. The van der Waals surface area contributed by atoms with Crippen molar-refractivity contribution in [3.63, 3.8) is 0 Å². The number of rotatable bonds is 1. The molecule has 8 rings (SSSR count). The minimum atomic E-state index is -0.304. The molecule has 39 heavy (non-hydrogen) atoms. The van der Waals surface area contributed by atoms with Crippen LogP contribution >= 0.6 is 11.3 Å². The molecular weight excluding hydrogens is 505 g/mol. The summed E-state index contributed by atoms with van der Waals surface area (Å²) in [7, 11) is 0. The van der Waals surface area contributed by atoms with Crippen LogP contribution in [0.25, 0.3) is 58.8 Å². The van der Waals surface area contributed by atoms with Crippen LogP contribution in [0.5, 0.6) is 23.0 Å². The zero-order valence-electron chi connectivity index (χ0n) is 21.1. The molecule has 3 heterocycles. The van der Waals surface area contributed by atoms with E-state index in [2.05, 4.69) is 67.5 Å². The Morgan fingerprint density at radius 2 is 1.49 bits per heavy atom. The van der Waals surface area contributed by atoms with Crippen molar-refractivity contribution < 1.29 is 20.4 Å². The number of hydrogen-bond acceptors (Lipinski definition) is 5. The molecule has 5 nitrogen and oxygen atoms in total. The van der Waals surface area contributed by atoms with Crippen molar-refractivity contribution in [2.75, 3.05) is 0 Å². The minimum Gasteiger partial charge on any atom is -0.507 e. The third-order valence-electron chi connectivity index (χ3n) is 8.34. The Morgan fingerprint density at radius 1 is 0.718 bits per heavy atom. The molecule has 0 aliphatic carbocycles. The van der Waals surface area contributed by atoms with Crippen molar-refractivity contribution >= 4 is 71.0 Å². The summed E-state index contributed by atoms with van der Waals surface area (Å²) >= 11 is 1.79. The topological polar surface area (TPSA) is 85.9 Å². The molecule has 0 atom stereocenters. The summed E-state index contributed by atoms with van der Waals surface area (Å²) in [6, 6.07) is 24.4. The lowest BCUT2D eigenvalue weighted by atomic mass is 9.41. The standard InChI is InChI=1S/C32H22BNO4S/c1-15-12-23(35)29-27(30(15)37)26-28-21(14-24(36)31(26)38)33(2)20-13-16(10-11-22(20)34(28)29)17-7-5-8-19-18-6-3-4-9-25(18)39-32(17)19/h3-14,35-38H,1-2H3. The van der Waals surface area contributed by atoms with Crippen LogP contribution in [0.1, 0.15) is 5.56 Å². The van der Waals surface area contributed by atoms with Gasteiger partial charge in [0.25, 0.3) is 0 Å². The first-order valence-electron chi connectivity index (χ1n) is 12.8. The molecule has 5 aromatic carbocycles. The fraction of sp³-hybridized carbons (Fsp3) is 0.0625. The van der Waals surface area contributed by atoms with E-state index in [0.717, 1.165) is 27.7 Å². The molecule has 0 unspecified atom stereocenters. The van der Waals surface area contributed by atoms with Gasteiger partial charge in [0, 0.05) is 25.9 Å². The van der Waals surface area contributed by atoms with Gasteiger partial charge < -0.3 is 25.0 Å². The van der Waals surface area contributed by atoms with Gasteiger partial charge in [-0.05, 0) is 53.3 Å². The zero-order valence-corrected chi connectivity index (χ0v) is 22.0. The van der Waals surface area contributed by atoms with Crippen molar-refractivity contribution in [2.24, 2.45) is 0 Å². The second-order valence-electron chi connectivity index (χ2n) is 10.5. The first-order valence-corrected chi connectivity index (χ1v) is 13.7. The van der Waals surface area contributed by atoms with E-state index in [0.29, 0.717) is 27.4 Å². The minimum absolute atomic E-state index is 0.000892. The molecule has 0 saturated heterocycles. The van der Waals surface area contributed by atoms with Gasteiger partial charge in [-0.2, -0.15) is 0 Å². The van der Waals surface area contributed by atoms with Crippen LogP contribution in [-0.2, 0) is 0 Å². The van der Waals surface area contributed by atoms with E-state index in [1.807, 2.05) is 4.57 Å². The maximum Gasteiger partial charge on any atom is 0.211 e. The van der Waals surface area contributed by atoms with Gasteiger partial charge in [0.05, 0.1) is 16.3 Å². The maximum absolute atomic E-state index is 11.1. The third-order valence-corrected chi connectivity index (χ3v) is 9.56. The van der Waals surface area contributed by atoms with E-state index < -0.39 is 0 Å². The number of phenolic OH excluding ortho intramolecular Hbond substituents is 4. The van der Waals surface area contributed by atoms with Crippen LogP contribution in [0.15, 0.2) is 72.8 Å². The molecule has 188 valence electrons. The average molecular weight is 527 g/mol. The highest BCUT2D eigenvalue weighted by molar-refractivity contribution is 7.26. The number of aryl methyl sites for hydroxylation is 1. The fourth-order valence-corrected chi connectivity index (χ4v) is 7.72. The number of benzene rings is 5. The van der Waals surface area contributed by atoms with E-state index >= 15 is 0 Å². The molecular formula is C32H22BNO4S. The molecule has 0 radical (unpaired) electrons. The number of nitrogens with zero attached hydrogens (tertiary/aromatic N) is 1. The van der Waals surface area contributed by atoms with Gasteiger partial charge in [0.2, 0.25) is 6.71 Å². The Hall–Kier alpha value is -4.62. The quantitative estimate of drug-likeness (QED) is 0.112. The fourth-order valence-electron chi connectivity index (χ4n) is 6.49. The smallest absolute Gasteiger partial charge is 0.211 e. The van der Waals surface area contributed by atoms with Gasteiger partial charge in [-0.25, -0.2) is 0 Å². The Kier molecular flexibility index (Phi) is 4.30. The number of hydrogen-bond donors (Lipinski definition) is 4. The Morgan fingerprint density at radius 3 is 2.33 bits per heavy atom. The van der Waals surface area contributed by atoms with E-state index in [1.54, 1.807) is 24.3 Å². The summed E-state index contributed by atoms with van der Waals surface area (Å²) in [5.74, 6) is -0.580. The number of fused-ring (bicyclic) bond motifs is 8. The van der Waals surface area contributed by atoms with Crippen LogP contribution in [-0.4, -0.2) is 31.7 Å². The number of aromatic hydroxyl groups is 4. The molecule has 4 N–H and O–H groups in total. The Labute approximate surface area is 227 Å². The summed E-state index contributed by atoms with van der Waals surface area (Å²) in [5, 5.41) is 47.0. The van der Waals surface area contributed by atoms with Crippen molar-refractivity contribution in [1.29, 1.82) is 0 Å². The van der Waals surface area contributed by atoms with E-state index in [1.165, 1.54) is 26.2 Å². The SMILES string of the molecule is CB1c2cc(-c3cccc4c3sc3ccccc34)ccc2-n2c3c(O)cc(C)c(O)c3c3c(O)c(O)cc1c32. The lowest BCUT2D eigenvalue weighted by molar-refractivity contribution is 0.408. The van der Waals surface area contributed by atoms with E-state index in [4.69, 9.17) is 0 Å². The number of thiophene rings is 1. The monoisotopic (exact) mass is 527 g/mol. The highest BCUT2D eigenvalue weighted by Crippen LogP contribution is 2.49. The lowest BCUT2D eigenvalue weighted by Crippen LogP contribution is -2.45. The van der Waals surface area contributed by atoms with Crippen LogP contribution in [0.4, 0.5) is 0 Å². The average Bonchev–Trinajstić information content (AvgIpc) is 3.50. The summed E-state index contributed by atoms with van der Waals surface area (Å²) in [6.07, 6.45) is 0. The van der Waals surface area contributed by atoms with Gasteiger partial charge in [0.15, 0.2) is 11.5 Å². The van der Waals surface area contributed by atoms with Gasteiger partial charge in [-0.15, -0.1) is 11.3 Å². The molecule has 2 aromatic heterocycles. The molecule has 7 heteroatoms.